The second-order valence-corrected chi connectivity index (χ2v) is 4.80. The van der Waals surface area contributed by atoms with E-state index in [-0.39, 0.29) is 6.04 Å². The second-order valence-electron chi connectivity index (χ2n) is 4.80. The SMILES string of the molecule is Cc1ccc(C(NN)c2cccc(C)c2C)cc1. The zero-order chi connectivity index (χ0) is 13.1. The molecule has 18 heavy (non-hydrogen) atoms. The van der Waals surface area contributed by atoms with Gasteiger partial charge in [-0.3, -0.25) is 5.84 Å². The highest BCUT2D eigenvalue weighted by molar-refractivity contribution is 5.40. The average molecular weight is 240 g/mol. The minimum absolute atomic E-state index is 0.0468. The van der Waals surface area contributed by atoms with Gasteiger partial charge in [0.05, 0.1) is 6.04 Å². The molecule has 2 aromatic rings. The number of benzene rings is 2. The molecule has 0 saturated carbocycles. The van der Waals surface area contributed by atoms with E-state index in [0.29, 0.717) is 0 Å². The zero-order valence-electron chi connectivity index (χ0n) is 11.2. The Morgan fingerprint density at radius 2 is 1.61 bits per heavy atom. The van der Waals surface area contributed by atoms with Crippen LogP contribution in [0.1, 0.15) is 33.9 Å². The first-order valence-corrected chi connectivity index (χ1v) is 6.22. The molecule has 0 spiro atoms. The van der Waals surface area contributed by atoms with Gasteiger partial charge in [-0.2, -0.15) is 0 Å². The highest BCUT2D eigenvalue weighted by Gasteiger charge is 2.14. The molecule has 0 aliphatic heterocycles. The molecular formula is C16H20N2. The molecule has 0 amide bonds. The Morgan fingerprint density at radius 1 is 0.944 bits per heavy atom. The van der Waals surface area contributed by atoms with Gasteiger partial charge in [0.15, 0.2) is 0 Å². The van der Waals surface area contributed by atoms with E-state index >= 15 is 0 Å². The first-order chi connectivity index (χ1) is 8.63. The molecular weight excluding hydrogens is 220 g/mol. The fourth-order valence-electron chi connectivity index (χ4n) is 2.21. The second kappa shape index (κ2) is 5.34. The van der Waals surface area contributed by atoms with Crippen LogP contribution in [0.3, 0.4) is 0 Å². The highest BCUT2D eigenvalue weighted by atomic mass is 15.2. The van der Waals surface area contributed by atoms with Crippen molar-refractivity contribution < 1.29 is 0 Å². The van der Waals surface area contributed by atoms with Crippen LogP contribution in [-0.4, -0.2) is 0 Å². The maximum Gasteiger partial charge on any atom is 0.0712 e. The van der Waals surface area contributed by atoms with Crippen LogP contribution in [0.2, 0.25) is 0 Å². The van der Waals surface area contributed by atoms with Crippen molar-refractivity contribution in [2.45, 2.75) is 26.8 Å². The fraction of sp³-hybridized carbons (Fsp3) is 0.250. The summed E-state index contributed by atoms with van der Waals surface area (Å²) >= 11 is 0. The molecule has 2 nitrogen and oxygen atoms in total. The van der Waals surface area contributed by atoms with E-state index in [4.69, 9.17) is 5.84 Å². The van der Waals surface area contributed by atoms with Crippen molar-refractivity contribution in [1.29, 1.82) is 0 Å². The van der Waals surface area contributed by atoms with E-state index in [1.54, 1.807) is 0 Å². The molecule has 0 saturated heterocycles. The third-order valence-electron chi connectivity index (χ3n) is 3.53. The predicted molar refractivity (Wildman–Crippen MR) is 76.3 cm³/mol. The molecule has 0 aromatic heterocycles. The Kier molecular flexibility index (Phi) is 3.80. The first kappa shape index (κ1) is 12.8. The lowest BCUT2D eigenvalue weighted by Gasteiger charge is -2.20. The van der Waals surface area contributed by atoms with Crippen molar-refractivity contribution in [3.05, 3.63) is 70.3 Å². The Balaban J connectivity index is 2.45. The monoisotopic (exact) mass is 240 g/mol. The van der Waals surface area contributed by atoms with E-state index in [2.05, 4.69) is 68.7 Å². The molecule has 0 heterocycles. The third-order valence-corrected chi connectivity index (χ3v) is 3.53. The molecule has 0 bridgehead atoms. The summed E-state index contributed by atoms with van der Waals surface area (Å²) in [6.07, 6.45) is 0. The lowest BCUT2D eigenvalue weighted by Crippen LogP contribution is -2.29. The number of aryl methyl sites for hydroxylation is 2. The summed E-state index contributed by atoms with van der Waals surface area (Å²) in [5, 5.41) is 0. The molecule has 1 atom stereocenters. The van der Waals surface area contributed by atoms with Gasteiger partial charge in [0.2, 0.25) is 0 Å². The first-order valence-electron chi connectivity index (χ1n) is 6.22. The lowest BCUT2D eigenvalue weighted by molar-refractivity contribution is 0.633. The minimum atomic E-state index is 0.0468. The van der Waals surface area contributed by atoms with Gasteiger partial charge in [0.25, 0.3) is 0 Å². The van der Waals surface area contributed by atoms with E-state index in [1.165, 1.54) is 27.8 Å². The van der Waals surface area contributed by atoms with Crippen LogP contribution in [0.15, 0.2) is 42.5 Å². The van der Waals surface area contributed by atoms with E-state index in [9.17, 15) is 0 Å². The van der Waals surface area contributed by atoms with Gasteiger partial charge in [0.1, 0.15) is 0 Å². The zero-order valence-corrected chi connectivity index (χ0v) is 11.2. The van der Waals surface area contributed by atoms with Crippen molar-refractivity contribution >= 4 is 0 Å². The van der Waals surface area contributed by atoms with Gasteiger partial charge in [-0.25, -0.2) is 5.43 Å². The Hall–Kier alpha value is -1.64. The molecule has 0 aliphatic rings. The predicted octanol–water partition coefficient (Wildman–Crippen LogP) is 3.16. The lowest BCUT2D eigenvalue weighted by atomic mass is 9.93. The summed E-state index contributed by atoms with van der Waals surface area (Å²) in [6.45, 7) is 6.36. The number of hydrogen-bond donors (Lipinski definition) is 2. The van der Waals surface area contributed by atoms with Crippen LogP contribution in [-0.2, 0) is 0 Å². The topological polar surface area (TPSA) is 38.0 Å². The Labute approximate surface area is 109 Å². The molecule has 2 rings (SSSR count). The van der Waals surface area contributed by atoms with E-state index in [1.807, 2.05) is 0 Å². The Morgan fingerprint density at radius 3 is 2.22 bits per heavy atom. The van der Waals surface area contributed by atoms with Crippen LogP contribution in [0.4, 0.5) is 0 Å². The van der Waals surface area contributed by atoms with Crippen molar-refractivity contribution in [3.63, 3.8) is 0 Å². The number of nitrogens with one attached hydrogen (secondary N) is 1. The van der Waals surface area contributed by atoms with Crippen molar-refractivity contribution in [2.75, 3.05) is 0 Å². The number of hydrazine groups is 1. The van der Waals surface area contributed by atoms with Gasteiger partial charge in [0, 0.05) is 0 Å². The summed E-state index contributed by atoms with van der Waals surface area (Å²) in [6, 6.07) is 14.9. The number of nitrogens with two attached hydrogens (primary N) is 1. The summed E-state index contributed by atoms with van der Waals surface area (Å²) < 4.78 is 0. The van der Waals surface area contributed by atoms with Gasteiger partial charge in [-0.15, -0.1) is 0 Å². The van der Waals surface area contributed by atoms with Crippen molar-refractivity contribution in [3.8, 4) is 0 Å². The van der Waals surface area contributed by atoms with Gasteiger partial charge >= 0.3 is 0 Å². The normalized spacial score (nSPS) is 12.4. The summed E-state index contributed by atoms with van der Waals surface area (Å²) in [5.74, 6) is 5.74. The van der Waals surface area contributed by atoms with Crippen LogP contribution in [0, 0.1) is 20.8 Å². The molecule has 0 aliphatic carbocycles. The fourth-order valence-corrected chi connectivity index (χ4v) is 2.21. The van der Waals surface area contributed by atoms with Crippen LogP contribution >= 0.6 is 0 Å². The average Bonchev–Trinajstić information content (AvgIpc) is 2.37. The molecule has 1 unspecified atom stereocenters. The van der Waals surface area contributed by atoms with Crippen molar-refractivity contribution in [1.82, 2.24) is 5.43 Å². The van der Waals surface area contributed by atoms with E-state index in [0.717, 1.165) is 0 Å². The van der Waals surface area contributed by atoms with Gasteiger partial charge in [-0.1, -0.05) is 48.0 Å². The largest absolute Gasteiger partial charge is 0.271 e. The number of hydrogen-bond acceptors (Lipinski definition) is 2. The van der Waals surface area contributed by atoms with Crippen LogP contribution < -0.4 is 11.3 Å². The highest BCUT2D eigenvalue weighted by Crippen LogP contribution is 2.26. The Bertz CT molecular complexity index is 529. The van der Waals surface area contributed by atoms with Crippen molar-refractivity contribution in [2.24, 2.45) is 5.84 Å². The quantitative estimate of drug-likeness (QED) is 0.639. The number of rotatable bonds is 3. The maximum atomic E-state index is 5.74. The molecule has 3 N–H and O–H groups in total. The van der Waals surface area contributed by atoms with Gasteiger partial charge in [-0.05, 0) is 43.0 Å². The summed E-state index contributed by atoms with van der Waals surface area (Å²) in [4.78, 5) is 0. The molecule has 0 fully saturated rings. The summed E-state index contributed by atoms with van der Waals surface area (Å²) in [7, 11) is 0. The molecule has 2 aromatic carbocycles. The smallest absolute Gasteiger partial charge is 0.0712 e. The minimum Gasteiger partial charge on any atom is -0.271 e. The molecule has 94 valence electrons. The molecule has 2 heteroatoms. The van der Waals surface area contributed by atoms with E-state index < -0.39 is 0 Å². The summed E-state index contributed by atoms with van der Waals surface area (Å²) in [5.41, 5.74) is 9.19. The third kappa shape index (κ3) is 2.45. The molecule has 0 radical (unpaired) electrons. The maximum absolute atomic E-state index is 5.74. The van der Waals surface area contributed by atoms with Crippen LogP contribution in [0.5, 0.6) is 0 Å². The van der Waals surface area contributed by atoms with Crippen LogP contribution in [0.25, 0.3) is 0 Å². The van der Waals surface area contributed by atoms with Gasteiger partial charge < -0.3 is 0 Å². The standard InChI is InChI=1S/C16H20N2/c1-11-7-9-14(10-8-11)16(18-17)15-6-4-5-12(2)13(15)3/h4-10,16,18H,17H2,1-3H3.